The second kappa shape index (κ2) is 11.9. The number of nitrogens with zero attached hydrogens (tertiary/aromatic N) is 2. The molecule has 1 aliphatic heterocycles. The van der Waals surface area contributed by atoms with Gasteiger partial charge in [0, 0.05) is 16.5 Å². The maximum atomic E-state index is 12.8. The monoisotopic (exact) mass is 567 g/mol. The number of aliphatic carboxylic acids is 1. The zero-order chi connectivity index (χ0) is 28.2. The minimum Gasteiger partial charge on any atom is -0.480 e. The minimum absolute atomic E-state index is 0.0316. The van der Waals surface area contributed by atoms with Gasteiger partial charge in [-0.15, -0.1) is 4.91 Å². The molecular weight excluding hydrogens is 542 g/mol. The van der Waals surface area contributed by atoms with E-state index in [4.69, 9.17) is 16.4 Å². The van der Waals surface area contributed by atoms with Crippen LogP contribution in [-0.2, 0) is 26.1 Å². The van der Waals surface area contributed by atoms with E-state index in [2.05, 4.69) is 15.1 Å². The van der Waals surface area contributed by atoms with Gasteiger partial charge in [0.05, 0.1) is 10.6 Å². The van der Waals surface area contributed by atoms with Gasteiger partial charge in [-0.2, -0.15) is 4.72 Å². The predicted molar refractivity (Wildman–Crippen MR) is 149 cm³/mol. The lowest BCUT2D eigenvalue weighted by Gasteiger charge is -2.16. The van der Waals surface area contributed by atoms with Crippen LogP contribution in [0.1, 0.15) is 35.6 Å². The average molecular weight is 568 g/mol. The predicted octanol–water partition coefficient (Wildman–Crippen LogP) is 5.82. The van der Waals surface area contributed by atoms with Crippen molar-refractivity contribution >= 4 is 44.8 Å². The molecule has 3 aromatic rings. The number of nitroso groups, excluding NO2 is 1. The molecule has 4 rings (SSSR count). The number of nitrogens with one attached hydrogen (secondary N) is 1. The number of aryl methyl sites for hydroxylation is 1. The van der Waals surface area contributed by atoms with E-state index in [-0.39, 0.29) is 22.3 Å². The number of sulfonamides is 1. The highest BCUT2D eigenvalue weighted by atomic mass is 35.5. The molecule has 2 N–H and O–H groups in total. The number of carboxylic acid groups (broad SMARTS) is 1. The Morgan fingerprint density at radius 1 is 1.13 bits per heavy atom. The first-order chi connectivity index (χ1) is 18.6. The molecule has 0 bridgehead atoms. The molecule has 0 aromatic heterocycles. The minimum atomic E-state index is -4.11. The fraction of sp³-hybridized carbons (Fsp3) is 0.214. The van der Waals surface area contributed by atoms with Crippen molar-refractivity contribution in [3.8, 4) is 0 Å². The Hall–Kier alpha value is -3.86. The third kappa shape index (κ3) is 6.78. The number of carboxylic acids is 1. The summed E-state index contributed by atoms with van der Waals surface area (Å²) in [5, 5.41) is 17.2. The first-order valence-electron chi connectivity index (χ1n) is 12.1. The van der Waals surface area contributed by atoms with Crippen molar-refractivity contribution in [1.29, 1.82) is 0 Å². The Balaban J connectivity index is 1.48. The molecule has 2 atom stereocenters. The molecule has 202 valence electrons. The summed E-state index contributed by atoms with van der Waals surface area (Å²) in [4.78, 5) is 28.2. The van der Waals surface area contributed by atoms with Crippen LogP contribution in [0.15, 0.2) is 88.0 Å². The van der Waals surface area contributed by atoms with Crippen molar-refractivity contribution in [1.82, 2.24) is 4.72 Å². The van der Waals surface area contributed by atoms with Crippen LogP contribution in [0, 0.1) is 17.7 Å². The first kappa shape index (κ1) is 28.2. The van der Waals surface area contributed by atoms with Gasteiger partial charge in [-0.3, -0.25) is 4.79 Å². The van der Waals surface area contributed by atoms with Gasteiger partial charge in [-0.25, -0.2) is 8.42 Å². The van der Waals surface area contributed by atoms with Crippen LogP contribution < -0.4 is 4.72 Å². The summed E-state index contributed by atoms with van der Waals surface area (Å²) in [7, 11) is -4.11. The normalized spacial score (nSPS) is 16.3. The Labute approximate surface area is 231 Å². The van der Waals surface area contributed by atoms with Crippen LogP contribution in [-0.4, -0.2) is 31.2 Å². The average Bonchev–Trinajstić information content (AvgIpc) is 3.11. The van der Waals surface area contributed by atoms with Crippen molar-refractivity contribution in [2.24, 2.45) is 16.3 Å². The molecule has 0 radical (unpaired) electrons. The Morgan fingerprint density at radius 2 is 1.79 bits per heavy atom. The summed E-state index contributed by atoms with van der Waals surface area (Å²) in [6, 6.07) is 16.6. The largest absolute Gasteiger partial charge is 0.480 e. The van der Waals surface area contributed by atoms with Gasteiger partial charge >= 0.3 is 5.97 Å². The molecular formula is C28H26ClN3O6S. The molecule has 0 amide bonds. The second-order valence-corrected chi connectivity index (χ2v) is 11.4. The first-order valence-corrected chi connectivity index (χ1v) is 13.9. The standard InChI is InChI=1S/C28H26ClN3O6S/c1-17-3-13-23(16-24(17)29)39(36,37)32-25(28(33)34)15-19-5-7-21(8-6-19)27-18(2)4-14-26(38-31-27)20-9-11-22(30-35)12-10-20/h3,5-14,16,18,25,32H,4,15H2,1-2H3,(H,33,34). The Morgan fingerprint density at radius 3 is 2.41 bits per heavy atom. The molecule has 0 spiro atoms. The number of oxime groups is 1. The van der Waals surface area contributed by atoms with Crippen LogP contribution in [0.3, 0.4) is 0 Å². The van der Waals surface area contributed by atoms with Gasteiger partial charge in [0.2, 0.25) is 10.0 Å². The fourth-order valence-corrected chi connectivity index (χ4v) is 5.50. The highest BCUT2D eigenvalue weighted by Gasteiger charge is 2.26. The van der Waals surface area contributed by atoms with Gasteiger partial charge in [0.15, 0.2) is 5.76 Å². The summed E-state index contributed by atoms with van der Waals surface area (Å²) in [6.07, 6.45) is 2.53. The number of carbonyl (C=O) groups is 1. The summed E-state index contributed by atoms with van der Waals surface area (Å²) >= 11 is 6.05. The van der Waals surface area contributed by atoms with Crippen molar-refractivity contribution in [3.05, 3.63) is 105 Å². The van der Waals surface area contributed by atoms with E-state index < -0.39 is 22.0 Å². The highest BCUT2D eigenvalue weighted by Crippen LogP contribution is 2.27. The zero-order valence-corrected chi connectivity index (χ0v) is 22.7. The topological polar surface area (TPSA) is 134 Å². The van der Waals surface area contributed by atoms with E-state index in [0.29, 0.717) is 34.7 Å². The molecule has 0 saturated heterocycles. The van der Waals surface area contributed by atoms with Crippen LogP contribution in [0.4, 0.5) is 5.69 Å². The molecule has 11 heteroatoms. The molecule has 0 saturated carbocycles. The lowest BCUT2D eigenvalue weighted by molar-refractivity contribution is -0.138. The molecule has 0 fully saturated rings. The number of halogens is 1. The quantitative estimate of drug-likeness (QED) is 0.313. The number of hydrogen-bond acceptors (Lipinski definition) is 7. The summed E-state index contributed by atoms with van der Waals surface area (Å²) in [5.74, 6) is -0.701. The molecule has 0 aliphatic carbocycles. The Bertz CT molecular complexity index is 1550. The van der Waals surface area contributed by atoms with E-state index in [1.54, 1.807) is 61.5 Å². The molecule has 2 unspecified atom stereocenters. The van der Waals surface area contributed by atoms with Crippen LogP contribution >= 0.6 is 11.6 Å². The summed E-state index contributed by atoms with van der Waals surface area (Å²) in [5.41, 5.74) is 3.93. The lowest BCUT2D eigenvalue weighted by atomic mass is 9.94. The van der Waals surface area contributed by atoms with E-state index in [1.807, 2.05) is 13.0 Å². The van der Waals surface area contributed by atoms with Gasteiger partial charge < -0.3 is 9.94 Å². The summed E-state index contributed by atoms with van der Waals surface area (Å²) < 4.78 is 27.9. The van der Waals surface area contributed by atoms with Crippen molar-refractivity contribution in [3.63, 3.8) is 0 Å². The smallest absolute Gasteiger partial charge is 0.322 e. The zero-order valence-electron chi connectivity index (χ0n) is 21.2. The van der Waals surface area contributed by atoms with Gasteiger partial charge in [-0.05, 0) is 84.1 Å². The van der Waals surface area contributed by atoms with E-state index in [0.717, 1.165) is 11.1 Å². The molecule has 39 heavy (non-hydrogen) atoms. The third-order valence-electron chi connectivity index (χ3n) is 6.36. The van der Waals surface area contributed by atoms with E-state index >= 15 is 0 Å². The van der Waals surface area contributed by atoms with Crippen molar-refractivity contribution in [2.45, 2.75) is 37.6 Å². The van der Waals surface area contributed by atoms with Gasteiger partial charge in [0.25, 0.3) is 0 Å². The third-order valence-corrected chi connectivity index (χ3v) is 8.24. The second-order valence-electron chi connectivity index (χ2n) is 9.24. The number of rotatable bonds is 9. The van der Waals surface area contributed by atoms with Crippen LogP contribution in [0.25, 0.3) is 5.76 Å². The van der Waals surface area contributed by atoms with Crippen molar-refractivity contribution < 1.29 is 23.2 Å². The van der Waals surface area contributed by atoms with E-state index in [9.17, 15) is 23.2 Å². The van der Waals surface area contributed by atoms with Gasteiger partial charge in [0.1, 0.15) is 11.7 Å². The summed E-state index contributed by atoms with van der Waals surface area (Å²) in [6.45, 7) is 3.76. The maximum Gasteiger partial charge on any atom is 0.322 e. The highest BCUT2D eigenvalue weighted by molar-refractivity contribution is 7.89. The van der Waals surface area contributed by atoms with Gasteiger partial charge in [-0.1, -0.05) is 54.0 Å². The number of benzene rings is 3. The fourth-order valence-electron chi connectivity index (χ4n) is 4.04. The Kier molecular flexibility index (Phi) is 8.59. The van der Waals surface area contributed by atoms with E-state index in [1.165, 1.54) is 12.1 Å². The number of allylic oxidation sites excluding steroid dienone is 1. The maximum absolute atomic E-state index is 12.8. The molecule has 1 heterocycles. The molecule has 3 aromatic carbocycles. The number of hydrogen-bond donors (Lipinski definition) is 2. The van der Waals surface area contributed by atoms with Crippen molar-refractivity contribution in [2.75, 3.05) is 0 Å². The molecule has 1 aliphatic rings. The van der Waals surface area contributed by atoms with Crippen LogP contribution in [0.5, 0.6) is 0 Å². The molecule has 9 nitrogen and oxygen atoms in total. The van der Waals surface area contributed by atoms with Crippen LogP contribution in [0.2, 0.25) is 5.02 Å². The SMILES string of the molecule is Cc1ccc(S(=O)(=O)NC(Cc2ccc(C3=NOC(c4ccc(N=O)cc4)=CCC3C)cc2)C(=O)O)cc1Cl. The lowest BCUT2D eigenvalue weighted by Crippen LogP contribution is -2.42.